The molecule has 6 heteroatoms. The number of nitrogens with zero attached hydrogens (tertiary/aromatic N) is 1. The molecule has 2 aromatic carbocycles. The van der Waals surface area contributed by atoms with Gasteiger partial charge in [-0.15, -0.1) is 0 Å². The zero-order valence-corrected chi connectivity index (χ0v) is 17.0. The van der Waals surface area contributed by atoms with E-state index in [1.54, 1.807) is 17.0 Å². The van der Waals surface area contributed by atoms with E-state index in [0.717, 1.165) is 23.4 Å². The summed E-state index contributed by atoms with van der Waals surface area (Å²) in [5.74, 6) is 1.14. The first-order chi connectivity index (χ1) is 14.6. The maximum absolute atomic E-state index is 13.4. The minimum Gasteiger partial charge on any atom is -0.491 e. The minimum atomic E-state index is -0.337. The number of ether oxygens (including phenoxy) is 1. The van der Waals surface area contributed by atoms with Crippen molar-refractivity contribution >= 4 is 11.8 Å². The monoisotopic (exact) mass is 410 g/mol. The molecule has 2 amide bonds. The third kappa shape index (κ3) is 5.59. The van der Waals surface area contributed by atoms with Crippen LogP contribution in [0.25, 0.3) is 0 Å². The van der Waals surface area contributed by atoms with Crippen molar-refractivity contribution in [3.63, 3.8) is 0 Å². The van der Waals surface area contributed by atoms with Crippen LogP contribution < -0.4 is 10.1 Å². The minimum absolute atomic E-state index is 0.0538. The van der Waals surface area contributed by atoms with Crippen LogP contribution in [0.4, 0.5) is 4.39 Å². The molecule has 1 fully saturated rings. The molecule has 0 bridgehead atoms. The molecule has 0 unspecified atom stereocenters. The van der Waals surface area contributed by atoms with Gasteiger partial charge in [-0.05, 0) is 54.5 Å². The van der Waals surface area contributed by atoms with Gasteiger partial charge in [0.1, 0.15) is 18.2 Å². The summed E-state index contributed by atoms with van der Waals surface area (Å²) in [5, 5.41) is 2.99. The van der Waals surface area contributed by atoms with Crippen LogP contribution in [0.5, 0.6) is 5.75 Å². The predicted octanol–water partition coefficient (Wildman–Crippen LogP) is 3.25. The highest BCUT2D eigenvalue weighted by Crippen LogP contribution is 2.28. The fraction of sp³-hybridized carbons (Fsp3) is 0.417. The van der Waals surface area contributed by atoms with Gasteiger partial charge in [-0.25, -0.2) is 4.39 Å². The molecule has 0 atom stereocenters. The highest BCUT2D eigenvalue weighted by atomic mass is 19.1. The molecule has 5 nitrogen and oxygen atoms in total. The van der Waals surface area contributed by atoms with Crippen LogP contribution in [0.3, 0.4) is 0 Å². The standard InChI is InChI=1S/C24H27FN2O3/c25-21-3-1-2-19(13-21)14-24(29)27-10-11-30-22-8-6-17(12-20(22)16-27)7-9-23(28)26-15-18-4-5-18/h1-3,6,8,12-13,18H,4-5,7,9-11,14-16H2,(H,26,28). The molecular formula is C24H27FN2O3. The SMILES string of the molecule is O=C(CCc1ccc2c(c1)CN(C(=O)Cc1cccc(F)c1)CCO2)NCC1CC1. The van der Waals surface area contributed by atoms with Crippen LogP contribution in [0.15, 0.2) is 42.5 Å². The summed E-state index contributed by atoms with van der Waals surface area (Å²) < 4.78 is 19.2. The molecule has 1 aliphatic heterocycles. The summed E-state index contributed by atoms with van der Waals surface area (Å²) in [4.78, 5) is 26.5. The largest absolute Gasteiger partial charge is 0.491 e. The number of rotatable bonds is 7. The lowest BCUT2D eigenvalue weighted by Crippen LogP contribution is -2.33. The molecule has 1 heterocycles. The predicted molar refractivity (Wildman–Crippen MR) is 112 cm³/mol. The number of fused-ring (bicyclic) bond motifs is 1. The fourth-order valence-electron chi connectivity index (χ4n) is 3.68. The smallest absolute Gasteiger partial charge is 0.227 e. The molecule has 0 saturated heterocycles. The van der Waals surface area contributed by atoms with Crippen LogP contribution in [0.1, 0.15) is 36.0 Å². The Kier molecular flexibility index (Phi) is 6.31. The molecule has 2 aliphatic rings. The van der Waals surface area contributed by atoms with Crippen molar-refractivity contribution in [2.75, 3.05) is 19.7 Å². The Bertz CT molecular complexity index is 926. The second kappa shape index (κ2) is 9.28. The third-order valence-electron chi connectivity index (χ3n) is 5.63. The topological polar surface area (TPSA) is 58.6 Å². The van der Waals surface area contributed by atoms with E-state index in [1.807, 2.05) is 18.2 Å². The van der Waals surface area contributed by atoms with Gasteiger partial charge in [0, 0.05) is 25.1 Å². The number of hydrogen-bond donors (Lipinski definition) is 1. The Labute approximate surface area is 176 Å². The molecule has 0 aromatic heterocycles. The molecular weight excluding hydrogens is 383 g/mol. The van der Waals surface area contributed by atoms with Crippen molar-refractivity contribution in [2.24, 2.45) is 5.92 Å². The molecule has 1 N–H and O–H groups in total. The number of hydrogen-bond acceptors (Lipinski definition) is 3. The van der Waals surface area contributed by atoms with Gasteiger partial charge in [-0.2, -0.15) is 0 Å². The van der Waals surface area contributed by atoms with Gasteiger partial charge in [0.15, 0.2) is 0 Å². The number of carbonyl (C=O) groups is 2. The molecule has 0 radical (unpaired) electrons. The van der Waals surface area contributed by atoms with Crippen LogP contribution in [-0.4, -0.2) is 36.4 Å². The van der Waals surface area contributed by atoms with Crippen molar-refractivity contribution in [3.05, 3.63) is 65.0 Å². The number of halogens is 1. The first kappa shape index (κ1) is 20.4. The quantitative estimate of drug-likeness (QED) is 0.762. The van der Waals surface area contributed by atoms with E-state index < -0.39 is 0 Å². The average molecular weight is 410 g/mol. The van der Waals surface area contributed by atoms with E-state index >= 15 is 0 Å². The Balaban J connectivity index is 1.36. The van der Waals surface area contributed by atoms with Gasteiger partial charge in [0.05, 0.1) is 13.0 Å². The van der Waals surface area contributed by atoms with Gasteiger partial charge in [-0.1, -0.05) is 24.3 Å². The maximum Gasteiger partial charge on any atom is 0.227 e. The van der Waals surface area contributed by atoms with Crippen molar-refractivity contribution in [3.8, 4) is 5.75 Å². The second-order valence-electron chi connectivity index (χ2n) is 8.16. The van der Waals surface area contributed by atoms with Crippen LogP contribution in [0.2, 0.25) is 0 Å². The van der Waals surface area contributed by atoms with Gasteiger partial charge in [0.25, 0.3) is 0 Å². The van der Waals surface area contributed by atoms with Crippen molar-refractivity contribution in [1.82, 2.24) is 10.2 Å². The number of aryl methyl sites for hydroxylation is 1. The molecule has 158 valence electrons. The molecule has 1 aliphatic carbocycles. The first-order valence-electron chi connectivity index (χ1n) is 10.6. The molecule has 30 heavy (non-hydrogen) atoms. The van der Waals surface area contributed by atoms with E-state index in [1.165, 1.54) is 25.0 Å². The van der Waals surface area contributed by atoms with Crippen LogP contribution >= 0.6 is 0 Å². The summed E-state index contributed by atoms with van der Waals surface area (Å²) in [6, 6.07) is 12.1. The number of benzene rings is 2. The molecule has 4 rings (SSSR count). The van der Waals surface area contributed by atoms with Crippen molar-refractivity contribution in [1.29, 1.82) is 0 Å². The molecule has 2 aromatic rings. The average Bonchev–Trinajstić information content (AvgIpc) is 3.56. The zero-order valence-electron chi connectivity index (χ0n) is 17.0. The number of nitrogens with one attached hydrogen (secondary N) is 1. The Hall–Kier alpha value is -2.89. The van der Waals surface area contributed by atoms with Crippen LogP contribution in [0, 0.1) is 11.7 Å². The lowest BCUT2D eigenvalue weighted by Gasteiger charge is -2.20. The number of carbonyl (C=O) groups excluding carboxylic acids is 2. The lowest BCUT2D eigenvalue weighted by atomic mass is 10.0. The normalized spacial score (nSPS) is 15.7. The lowest BCUT2D eigenvalue weighted by molar-refractivity contribution is -0.131. The van der Waals surface area contributed by atoms with E-state index in [9.17, 15) is 14.0 Å². The maximum atomic E-state index is 13.4. The van der Waals surface area contributed by atoms with E-state index in [4.69, 9.17) is 4.74 Å². The van der Waals surface area contributed by atoms with E-state index in [0.29, 0.717) is 44.0 Å². The second-order valence-corrected chi connectivity index (χ2v) is 8.16. The number of amides is 2. The van der Waals surface area contributed by atoms with E-state index in [-0.39, 0.29) is 24.1 Å². The van der Waals surface area contributed by atoms with Gasteiger partial charge in [-0.3, -0.25) is 9.59 Å². The summed E-state index contributed by atoms with van der Waals surface area (Å²) in [6.45, 7) is 2.15. The highest BCUT2D eigenvalue weighted by molar-refractivity contribution is 5.79. The van der Waals surface area contributed by atoms with Gasteiger partial charge >= 0.3 is 0 Å². The summed E-state index contributed by atoms with van der Waals surface area (Å²) >= 11 is 0. The van der Waals surface area contributed by atoms with Gasteiger partial charge in [0.2, 0.25) is 11.8 Å². The Morgan fingerprint density at radius 2 is 2.00 bits per heavy atom. The summed E-state index contributed by atoms with van der Waals surface area (Å²) in [6.07, 6.45) is 3.71. The van der Waals surface area contributed by atoms with E-state index in [2.05, 4.69) is 5.32 Å². The summed E-state index contributed by atoms with van der Waals surface area (Å²) in [5.41, 5.74) is 2.66. The van der Waals surface area contributed by atoms with Crippen molar-refractivity contribution < 1.29 is 18.7 Å². The third-order valence-corrected chi connectivity index (χ3v) is 5.63. The molecule has 1 saturated carbocycles. The molecule has 0 spiro atoms. The van der Waals surface area contributed by atoms with Crippen LogP contribution in [-0.2, 0) is 29.0 Å². The van der Waals surface area contributed by atoms with Gasteiger partial charge < -0.3 is 15.0 Å². The Morgan fingerprint density at radius 3 is 2.80 bits per heavy atom. The zero-order chi connectivity index (χ0) is 20.9. The fourth-order valence-corrected chi connectivity index (χ4v) is 3.68. The Morgan fingerprint density at radius 1 is 1.13 bits per heavy atom. The summed E-state index contributed by atoms with van der Waals surface area (Å²) in [7, 11) is 0. The first-order valence-corrected chi connectivity index (χ1v) is 10.6. The van der Waals surface area contributed by atoms with Crippen molar-refractivity contribution in [2.45, 2.75) is 38.6 Å². The highest BCUT2D eigenvalue weighted by Gasteiger charge is 2.22.